The van der Waals surface area contributed by atoms with Crippen molar-refractivity contribution in [2.75, 3.05) is 13.2 Å². The first-order valence-corrected chi connectivity index (χ1v) is 4.43. The Hall–Kier alpha value is -1.97. The van der Waals surface area contributed by atoms with Crippen molar-refractivity contribution in [2.45, 2.75) is 0 Å². The number of hydrogen-bond acceptors (Lipinski definition) is 4. The molecule has 0 heterocycles. The topological polar surface area (TPSA) is 55.8 Å². The van der Waals surface area contributed by atoms with E-state index in [-0.39, 0.29) is 19.0 Å². The molecule has 0 saturated carbocycles. The fourth-order valence-corrected chi connectivity index (χ4v) is 0.934. The summed E-state index contributed by atoms with van der Waals surface area (Å²) >= 11 is 0. The number of aromatic hydroxyl groups is 1. The summed E-state index contributed by atoms with van der Waals surface area (Å²) in [5.41, 5.74) is 0. The molecule has 0 fully saturated rings. The number of esters is 1. The fraction of sp³-hybridized carbons (Fsp3) is 0.182. The first-order valence-electron chi connectivity index (χ1n) is 4.43. The van der Waals surface area contributed by atoms with E-state index in [0.717, 1.165) is 6.08 Å². The summed E-state index contributed by atoms with van der Waals surface area (Å²) in [4.78, 5) is 10.6. The van der Waals surface area contributed by atoms with E-state index in [9.17, 15) is 4.79 Å². The van der Waals surface area contributed by atoms with Crippen molar-refractivity contribution in [2.24, 2.45) is 0 Å². The number of ether oxygens (including phenoxy) is 2. The Morgan fingerprint density at radius 3 is 2.93 bits per heavy atom. The maximum atomic E-state index is 10.6. The normalized spacial score (nSPS) is 9.33. The van der Waals surface area contributed by atoms with Crippen LogP contribution < -0.4 is 4.74 Å². The summed E-state index contributed by atoms with van der Waals surface area (Å²) in [7, 11) is 0. The number of rotatable bonds is 5. The van der Waals surface area contributed by atoms with Gasteiger partial charge in [0.2, 0.25) is 0 Å². The Balaban J connectivity index is 2.26. The number of benzene rings is 1. The van der Waals surface area contributed by atoms with Gasteiger partial charge in [-0.3, -0.25) is 0 Å². The Kier molecular flexibility index (Phi) is 4.22. The highest BCUT2D eigenvalue weighted by Gasteiger charge is 1.97. The molecule has 1 aromatic rings. The predicted octanol–water partition coefficient (Wildman–Crippen LogP) is 1.50. The van der Waals surface area contributed by atoms with Crippen molar-refractivity contribution < 1.29 is 19.4 Å². The summed E-state index contributed by atoms with van der Waals surface area (Å²) < 4.78 is 9.91. The minimum Gasteiger partial charge on any atom is -0.508 e. The number of phenolic OH excluding ortho intramolecular Hbond substituents is 1. The van der Waals surface area contributed by atoms with Crippen LogP contribution in [0.5, 0.6) is 11.5 Å². The molecule has 0 saturated heterocycles. The Labute approximate surface area is 87.7 Å². The van der Waals surface area contributed by atoms with Gasteiger partial charge in [0.15, 0.2) is 0 Å². The Bertz CT molecular complexity index is 346. The molecule has 4 heteroatoms. The third-order valence-electron chi connectivity index (χ3n) is 1.58. The van der Waals surface area contributed by atoms with E-state index >= 15 is 0 Å². The van der Waals surface area contributed by atoms with E-state index in [2.05, 4.69) is 6.58 Å². The Morgan fingerprint density at radius 1 is 1.47 bits per heavy atom. The quantitative estimate of drug-likeness (QED) is 0.452. The van der Waals surface area contributed by atoms with Crippen LogP contribution in [0.1, 0.15) is 0 Å². The molecule has 0 spiro atoms. The molecule has 0 amide bonds. The molecule has 0 radical (unpaired) electrons. The highest BCUT2D eigenvalue weighted by molar-refractivity contribution is 5.81. The lowest BCUT2D eigenvalue weighted by molar-refractivity contribution is -0.138. The van der Waals surface area contributed by atoms with E-state index < -0.39 is 5.97 Å². The molecule has 4 nitrogen and oxygen atoms in total. The molecule has 0 aliphatic carbocycles. The molecule has 1 N–H and O–H groups in total. The second kappa shape index (κ2) is 5.70. The van der Waals surface area contributed by atoms with Crippen molar-refractivity contribution in [3.8, 4) is 11.5 Å². The lowest BCUT2D eigenvalue weighted by Crippen LogP contribution is -2.09. The molecule has 15 heavy (non-hydrogen) atoms. The van der Waals surface area contributed by atoms with Crippen molar-refractivity contribution in [3.63, 3.8) is 0 Å². The third-order valence-corrected chi connectivity index (χ3v) is 1.58. The van der Waals surface area contributed by atoms with E-state index in [4.69, 9.17) is 14.6 Å². The molecular weight excluding hydrogens is 196 g/mol. The van der Waals surface area contributed by atoms with Crippen LogP contribution in [0.25, 0.3) is 0 Å². The lowest BCUT2D eigenvalue weighted by atomic mass is 10.3. The smallest absolute Gasteiger partial charge is 0.330 e. The van der Waals surface area contributed by atoms with Gasteiger partial charge in [-0.1, -0.05) is 12.6 Å². The van der Waals surface area contributed by atoms with Crippen LogP contribution in [-0.4, -0.2) is 24.3 Å². The average Bonchev–Trinajstić information content (AvgIpc) is 2.24. The van der Waals surface area contributed by atoms with E-state index in [1.165, 1.54) is 6.07 Å². The minimum absolute atomic E-state index is 0.135. The van der Waals surface area contributed by atoms with Crippen LogP contribution in [0.4, 0.5) is 0 Å². The standard InChI is InChI=1S/C11H12O4/c1-2-11(13)15-7-6-14-10-5-3-4-9(12)8-10/h2-5,8,12H,1,6-7H2. The van der Waals surface area contributed by atoms with Gasteiger partial charge in [-0.2, -0.15) is 0 Å². The molecule has 1 aromatic carbocycles. The van der Waals surface area contributed by atoms with Crippen molar-refractivity contribution in [3.05, 3.63) is 36.9 Å². The van der Waals surface area contributed by atoms with Crippen LogP contribution in [-0.2, 0) is 9.53 Å². The zero-order chi connectivity index (χ0) is 11.1. The minimum atomic E-state index is -0.477. The fourth-order valence-electron chi connectivity index (χ4n) is 0.934. The summed E-state index contributed by atoms with van der Waals surface area (Å²) in [6, 6.07) is 6.40. The maximum absolute atomic E-state index is 10.6. The molecular formula is C11H12O4. The highest BCUT2D eigenvalue weighted by atomic mass is 16.6. The molecule has 0 aliphatic heterocycles. The first kappa shape index (κ1) is 11.1. The van der Waals surface area contributed by atoms with Gasteiger partial charge >= 0.3 is 5.97 Å². The predicted molar refractivity (Wildman–Crippen MR) is 54.8 cm³/mol. The second-order valence-corrected chi connectivity index (χ2v) is 2.72. The number of carbonyl (C=O) groups excluding carboxylic acids is 1. The second-order valence-electron chi connectivity index (χ2n) is 2.72. The molecule has 0 unspecified atom stereocenters. The van der Waals surface area contributed by atoms with Gasteiger partial charge in [0.05, 0.1) is 0 Å². The summed E-state index contributed by atoms with van der Waals surface area (Å²) in [5.74, 6) is 0.190. The van der Waals surface area contributed by atoms with Crippen molar-refractivity contribution in [1.82, 2.24) is 0 Å². The molecule has 1 rings (SSSR count). The van der Waals surface area contributed by atoms with Crippen molar-refractivity contribution in [1.29, 1.82) is 0 Å². The van der Waals surface area contributed by atoms with Crippen LogP contribution in [0.15, 0.2) is 36.9 Å². The number of phenols is 1. The summed E-state index contributed by atoms with van der Waals surface area (Å²) in [6.07, 6.45) is 1.09. The van der Waals surface area contributed by atoms with Gasteiger partial charge < -0.3 is 14.6 Å². The zero-order valence-electron chi connectivity index (χ0n) is 8.18. The van der Waals surface area contributed by atoms with E-state index in [1.54, 1.807) is 18.2 Å². The van der Waals surface area contributed by atoms with Gasteiger partial charge in [-0.15, -0.1) is 0 Å². The molecule has 0 atom stereocenters. The number of hydrogen-bond donors (Lipinski definition) is 1. The van der Waals surface area contributed by atoms with Crippen LogP contribution >= 0.6 is 0 Å². The third kappa shape index (κ3) is 4.17. The largest absolute Gasteiger partial charge is 0.508 e. The zero-order valence-corrected chi connectivity index (χ0v) is 8.18. The van der Waals surface area contributed by atoms with E-state index in [0.29, 0.717) is 5.75 Å². The molecule has 80 valence electrons. The lowest BCUT2D eigenvalue weighted by Gasteiger charge is -2.06. The molecule has 0 bridgehead atoms. The SMILES string of the molecule is C=CC(=O)OCCOc1cccc(O)c1. The highest BCUT2D eigenvalue weighted by Crippen LogP contribution is 2.17. The van der Waals surface area contributed by atoms with Gasteiger partial charge in [0.1, 0.15) is 24.7 Å². The Morgan fingerprint density at radius 2 is 2.27 bits per heavy atom. The molecule has 0 aromatic heterocycles. The first-order chi connectivity index (χ1) is 7.22. The monoisotopic (exact) mass is 208 g/mol. The average molecular weight is 208 g/mol. The molecule has 0 aliphatic rings. The van der Waals surface area contributed by atoms with Gasteiger partial charge in [0, 0.05) is 12.1 Å². The van der Waals surface area contributed by atoms with Gasteiger partial charge in [-0.05, 0) is 12.1 Å². The van der Waals surface area contributed by atoms with Crippen LogP contribution in [0.3, 0.4) is 0 Å². The summed E-state index contributed by atoms with van der Waals surface area (Å²) in [6.45, 7) is 3.65. The van der Waals surface area contributed by atoms with Gasteiger partial charge in [-0.25, -0.2) is 4.79 Å². The van der Waals surface area contributed by atoms with Crippen LogP contribution in [0.2, 0.25) is 0 Å². The number of carbonyl (C=O) groups is 1. The summed E-state index contributed by atoms with van der Waals surface area (Å²) in [5, 5.41) is 9.12. The van der Waals surface area contributed by atoms with Crippen LogP contribution in [0, 0.1) is 0 Å². The van der Waals surface area contributed by atoms with E-state index in [1.807, 2.05) is 0 Å². The van der Waals surface area contributed by atoms with Crippen molar-refractivity contribution >= 4 is 5.97 Å². The van der Waals surface area contributed by atoms with Gasteiger partial charge in [0.25, 0.3) is 0 Å². The maximum Gasteiger partial charge on any atom is 0.330 e.